The van der Waals surface area contributed by atoms with Crippen molar-refractivity contribution in [2.24, 2.45) is 5.41 Å². The van der Waals surface area contributed by atoms with E-state index in [4.69, 9.17) is 0 Å². The monoisotopic (exact) mass is 512 g/mol. The van der Waals surface area contributed by atoms with Crippen molar-refractivity contribution in [1.29, 1.82) is 0 Å². The largest absolute Gasteiger partial charge is 0.510 e. The molecule has 1 aliphatic carbocycles. The smallest absolute Gasteiger partial charge is 0.272 e. The van der Waals surface area contributed by atoms with Crippen LogP contribution in [0.5, 0.6) is 0 Å². The molecule has 0 bridgehead atoms. The van der Waals surface area contributed by atoms with Gasteiger partial charge in [-0.15, -0.1) is 0 Å². The van der Waals surface area contributed by atoms with Crippen molar-refractivity contribution in [3.63, 3.8) is 0 Å². The van der Waals surface area contributed by atoms with Crippen molar-refractivity contribution in [2.45, 2.75) is 26.8 Å². The molecule has 5 rings (SSSR count). The highest BCUT2D eigenvalue weighted by molar-refractivity contribution is 6.07. The summed E-state index contributed by atoms with van der Waals surface area (Å²) in [5.41, 5.74) is 3.93. The molecule has 0 fully saturated rings. The number of allylic oxidation sites excluding steroid dienone is 2. The Hall–Kier alpha value is -4.59. The molecule has 4 N–H and O–H groups in total. The van der Waals surface area contributed by atoms with E-state index < -0.39 is 0 Å². The molecule has 1 aromatic heterocycles. The summed E-state index contributed by atoms with van der Waals surface area (Å²) in [5.74, 6) is -0.580. The van der Waals surface area contributed by atoms with Crippen molar-refractivity contribution in [3.05, 3.63) is 107 Å². The van der Waals surface area contributed by atoms with Gasteiger partial charge in [-0.1, -0.05) is 32.0 Å². The predicted octanol–water partition coefficient (Wildman–Crippen LogP) is 6.05. The first-order valence-electron chi connectivity index (χ1n) is 12.4. The van der Waals surface area contributed by atoms with Crippen LogP contribution in [-0.2, 0) is 6.54 Å². The van der Waals surface area contributed by atoms with E-state index in [1.54, 1.807) is 60.1 Å². The van der Waals surface area contributed by atoms with Gasteiger partial charge in [-0.2, -0.15) is 0 Å². The van der Waals surface area contributed by atoms with Crippen LogP contribution in [0.25, 0.3) is 10.9 Å². The second-order valence-electron chi connectivity index (χ2n) is 10.1. The van der Waals surface area contributed by atoms with Gasteiger partial charge in [-0.25, -0.2) is 4.39 Å². The molecule has 4 aromatic rings. The van der Waals surface area contributed by atoms with E-state index in [1.165, 1.54) is 6.07 Å². The Morgan fingerprint density at radius 2 is 1.68 bits per heavy atom. The van der Waals surface area contributed by atoms with Gasteiger partial charge >= 0.3 is 0 Å². The lowest BCUT2D eigenvalue weighted by Crippen LogP contribution is -2.30. The molecule has 0 aliphatic heterocycles. The Balaban J connectivity index is 1.49. The number of nitrogens with one attached hydrogen (secondary N) is 3. The summed E-state index contributed by atoms with van der Waals surface area (Å²) in [6.45, 7) is 4.13. The Morgan fingerprint density at radius 1 is 0.974 bits per heavy atom. The van der Waals surface area contributed by atoms with Gasteiger partial charge < -0.3 is 25.6 Å². The topological polar surface area (TPSA) is 95.4 Å². The molecular weight excluding hydrogens is 483 g/mol. The van der Waals surface area contributed by atoms with Crippen molar-refractivity contribution >= 4 is 34.1 Å². The van der Waals surface area contributed by atoms with Gasteiger partial charge in [0.1, 0.15) is 17.3 Å². The van der Waals surface area contributed by atoms with Crippen molar-refractivity contribution in [3.8, 4) is 0 Å². The number of amides is 2. The highest BCUT2D eigenvalue weighted by Crippen LogP contribution is 2.44. The zero-order valence-electron chi connectivity index (χ0n) is 21.4. The van der Waals surface area contributed by atoms with Crippen LogP contribution in [0.4, 0.5) is 15.8 Å². The molecule has 0 saturated carbocycles. The zero-order valence-corrected chi connectivity index (χ0v) is 21.4. The van der Waals surface area contributed by atoms with E-state index in [0.29, 0.717) is 28.3 Å². The molecule has 7 nitrogen and oxygen atoms in total. The minimum absolute atomic E-state index is 0.168. The Morgan fingerprint density at radius 3 is 2.34 bits per heavy atom. The summed E-state index contributed by atoms with van der Waals surface area (Å²) in [5, 5.41) is 19.8. The number of aromatic nitrogens is 1. The summed E-state index contributed by atoms with van der Waals surface area (Å²) < 4.78 is 16.3. The molecule has 1 heterocycles. The number of nitrogens with zero attached hydrogens (tertiary/aromatic N) is 1. The van der Waals surface area contributed by atoms with Crippen LogP contribution >= 0.6 is 0 Å². The van der Waals surface area contributed by atoms with Gasteiger partial charge in [0.15, 0.2) is 0 Å². The predicted molar refractivity (Wildman–Crippen MR) is 147 cm³/mol. The fourth-order valence-corrected chi connectivity index (χ4v) is 4.74. The van der Waals surface area contributed by atoms with Crippen molar-refractivity contribution in [2.75, 3.05) is 17.7 Å². The number of aliphatic hydroxyl groups excluding tert-OH is 1. The van der Waals surface area contributed by atoms with Crippen LogP contribution in [0.3, 0.4) is 0 Å². The van der Waals surface area contributed by atoms with E-state index >= 15 is 0 Å². The van der Waals surface area contributed by atoms with Gasteiger partial charge in [0.25, 0.3) is 11.8 Å². The summed E-state index contributed by atoms with van der Waals surface area (Å²) >= 11 is 0. The lowest BCUT2D eigenvalue weighted by atomic mass is 9.75. The molecule has 1 aliphatic rings. The third-order valence-corrected chi connectivity index (χ3v) is 6.89. The number of halogens is 1. The number of aliphatic hydroxyl groups is 1. The van der Waals surface area contributed by atoms with E-state index in [2.05, 4.69) is 16.0 Å². The molecule has 8 heteroatoms. The molecule has 2 amide bonds. The summed E-state index contributed by atoms with van der Waals surface area (Å²) in [6, 6.07) is 20.5. The van der Waals surface area contributed by atoms with E-state index in [-0.39, 0.29) is 29.6 Å². The lowest BCUT2D eigenvalue weighted by molar-refractivity contribution is 0.0962. The number of hydrogen-bond acceptors (Lipinski definition) is 4. The van der Waals surface area contributed by atoms with Gasteiger partial charge in [-0.05, 0) is 54.6 Å². The van der Waals surface area contributed by atoms with E-state index in [1.807, 2.05) is 32.0 Å². The van der Waals surface area contributed by atoms with Crippen LogP contribution in [0.2, 0.25) is 0 Å². The van der Waals surface area contributed by atoms with Crippen molar-refractivity contribution < 1.29 is 19.1 Å². The average molecular weight is 513 g/mol. The van der Waals surface area contributed by atoms with Gasteiger partial charge in [0, 0.05) is 52.3 Å². The number of rotatable bonds is 7. The second-order valence-corrected chi connectivity index (χ2v) is 10.1. The molecule has 3 aromatic carbocycles. The first-order chi connectivity index (χ1) is 18.2. The maximum Gasteiger partial charge on any atom is 0.272 e. The van der Waals surface area contributed by atoms with Crippen molar-refractivity contribution in [1.82, 2.24) is 9.88 Å². The fraction of sp³-hybridized carbons (Fsp3) is 0.200. The van der Waals surface area contributed by atoms with Gasteiger partial charge in [-0.3, -0.25) is 9.59 Å². The van der Waals surface area contributed by atoms with Crippen LogP contribution in [0, 0.1) is 11.2 Å². The molecule has 38 heavy (non-hydrogen) atoms. The average Bonchev–Trinajstić information content (AvgIpc) is 3.27. The Bertz CT molecular complexity index is 1590. The van der Waals surface area contributed by atoms with Crippen LogP contribution in [0.1, 0.15) is 46.7 Å². The van der Waals surface area contributed by atoms with E-state index in [9.17, 15) is 19.1 Å². The molecule has 0 spiro atoms. The normalized spacial score (nSPS) is 14.2. The Labute approximate surface area is 220 Å². The van der Waals surface area contributed by atoms with Crippen LogP contribution in [-0.4, -0.2) is 28.5 Å². The standard InChI is InChI=1S/C30H29FN4O3/c1-30(2)16-24(27(30)36)33-22-12-13-25-20(14-22)15-26(35(25)17-19-6-4-5-7-23(19)31)29(38)34-21-10-8-18(9-11-21)28(37)32-3/h4-15,33,36H,16-17H2,1-3H3,(H,32,37)(H,34,38). The number of anilines is 2. The summed E-state index contributed by atoms with van der Waals surface area (Å²) in [4.78, 5) is 25.3. The highest BCUT2D eigenvalue weighted by Gasteiger charge is 2.37. The molecule has 194 valence electrons. The van der Waals surface area contributed by atoms with Crippen LogP contribution < -0.4 is 16.0 Å². The SMILES string of the molecule is CNC(=O)c1ccc(NC(=O)c2cc3cc(NC4=C(O)C(C)(C)C4)ccc3n2Cc2ccccc2F)cc1. The molecule has 0 atom stereocenters. The first-order valence-corrected chi connectivity index (χ1v) is 12.4. The number of carbonyl (C=O) groups excluding carboxylic acids is 2. The number of fused-ring (bicyclic) bond motifs is 1. The fourth-order valence-electron chi connectivity index (χ4n) is 4.74. The number of hydrogen-bond donors (Lipinski definition) is 4. The maximum absolute atomic E-state index is 14.6. The maximum atomic E-state index is 14.6. The summed E-state index contributed by atoms with van der Waals surface area (Å²) in [6.07, 6.45) is 0.734. The molecule has 0 saturated heterocycles. The quantitative estimate of drug-likeness (QED) is 0.242. The highest BCUT2D eigenvalue weighted by atomic mass is 19.1. The lowest BCUT2D eigenvalue weighted by Gasteiger charge is -2.36. The van der Waals surface area contributed by atoms with Gasteiger partial charge in [0.05, 0.1) is 12.2 Å². The number of carbonyl (C=O) groups is 2. The molecular formula is C30H29FN4O3. The van der Waals surface area contributed by atoms with Gasteiger partial charge in [0.2, 0.25) is 0 Å². The molecule has 0 radical (unpaired) electrons. The minimum Gasteiger partial charge on any atom is -0.510 e. The minimum atomic E-state index is -0.360. The zero-order chi connectivity index (χ0) is 27.0. The Kier molecular flexibility index (Phi) is 6.40. The second kappa shape index (κ2) is 9.70. The van der Waals surface area contributed by atoms with E-state index in [0.717, 1.165) is 28.7 Å². The number of benzene rings is 3. The third kappa shape index (κ3) is 4.72. The molecule has 0 unspecified atom stereocenters. The summed E-state index contributed by atoms with van der Waals surface area (Å²) in [7, 11) is 1.56. The third-order valence-electron chi connectivity index (χ3n) is 6.89. The van der Waals surface area contributed by atoms with Crippen LogP contribution in [0.15, 0.2) is 84.3 Å². The first kappa shape index (κ1) is 25.1.